The fourth-order valence-corrected chi connectivity index (χ4v) is 1.08. The maximum absolute atomic E-state index is 5.54. The molecule has 0 aliphatic rings. The summed E-state index contributed by atoms with van der Waals surface area (Å²) < 4.78 is 0. The topological polar surface area (TPSA) is 50.9 Å². The van der Waals surface area contributed by atoms with Gasteiger partial charge in [-0.2, -0.15) is 0 Å². The van der Waals surface area contributed by atoms with Gasteiger partial charge in [0, 0.05) is 12.2 Å². The Morgan fingerprint density at radius 1 is 1.67 bits per heavy atom. The lowest BCUT2D eigenvalue weighted by Gasteiger charge is -2.09. The summed E-state index contributed by atoms with van der Waals surface area (Å²) in [5.74, 6) is 0.593. The molecule has 1 rings (SSSR count). The highest BCUT2D eigenvalue weighted by molar-refractivity contribution is 5.32. The SMILES string of the molecule is CNC(C)Cc1ccnc(N)c1. The van der Waals surface area contributed by atoms with Crippen molar-refractivity contribution in [2.45, 2.75) is 19.4 Å². The zero-order chi connectivity index (χ0) is 8.97. The molecule has 0 fully saturated rings. The highest BCUT2D eigenvalue weighted by atomic mass is 14.9. The number of hydrogen-bond acceptors (Lipinski definition) is 3. The normalized spacial score (nSPS) is 12.8. The zero-order valence-corrected chi connectivity index (χ0v) is 7.54. The van der Waals surface area contributed by atoms with Crippen LogP contribution in [0.15, 0.2) is 18.3 Å². The third-order valence-corrected chi connectivity index (χ3v) is 1.88. The Kier molecular flexibility index (Phi) is 3.05. The van der Waals surface area contributed by atoms with Gasteiger partial charge >= 0.3 is 0 Å². The average Bonchev–Trinajstić information content (AvgIpc) is 2.04. The summed E-state index contributed by atoms with van der Waals surface area (Å²) in [7, 11) is 1.95. The molecule has 1 unspecified atom stereocenters. The van der Waals surface area contributed by atoms with E-state index in [9.17, 15) is 0 Å². The van der Waals surface area contributed by atoms with E-state index in [1.54, 1.807) is 6.20 Å². The molecule has 0 radical (unpaired) electrons. The first-order chi connectivity index (χ1) is 5.72. The molecule has 0 saturated heterocycles. The van der Waals surface area contributed by atoms with Gasteiger partial charge in [-0.15, -0.1) is 0 Å². The molecule has 0 aromatic carbocycles. The third kappa shape index (κ3) is 2.51. The second-order valence-electron chi connectivity index (χ2n) is 2.98. The van der Waals surface area contributed by atoms with E-state index in [1.165, 1.54) is 5.56 Å². The minimum Gasteiger partial charge on any atom is -0.384 e. The number of aromatic nitrogens is 1. The number of likely N-dealkylation sites (N-methyl/N-ethyl adjacent to an activating group) is 1. The highest BCUT2D eigenvalue weighted by Crippen LogP contribution is 2.05. The summed E-state index contributed by atoms with van der Waals surface area (Å²) in [4.78, 5) is 3.93. The van der Waals surface area contributed by atoms with Gasteiger partial charge in [0.25, 0.3) is 0 Å². The standard InChI is InChI=1S/C9H15N3/c1-7(11-2)5-8-3-4-12-9(10)6-8/h3-4,6-7,11H,5H2,1-2H3,(H2,10,12). The first-order valence-corrected chi connectivity index (χ1v) is 4.10. The quantitative estimate of drug-likeness (QED) is 0.697. The monoisotopic (exact) mass is 165 g/mol. The first kappa shape index (κ1) is 9.00. The van der Waals surface area contributed by atoms with Crippen LogP contribution in [0.3, 0.4) is 0 Å². The average molecular weight is 165 g/mol. The Bertz CT molecular complexity index is 247. The lowest BCUT2D eigenvalue weighted by atomic mass is 10.1. The van der Waals surface area contributed by atoms with Crippen molar-refractivity contribution in [2.75, 3.05) is 12.8 Å². The van der Waals surface area contributed by atoms with Crippen molar-refractivity contribution in [1.82, 2.24) is 10.3 Å². The van der Waals surface area contributed by atoms with Gasteiger partial charge in [0.05, 0.1) is 0 Å². The molecule has 12 heavy (non-hydrogen) atoms. The third-order valence-electron chi connectivity index (χ3n) is 1.88. The molecular formula is C9H15N3. The minimum absolute atomic E-state index is 0.479. The van der Waals surface area contributed by atoms with Crippen LogP contribution in [-0.2, 0) is 6.42 Å². The number of nitrogens with zero attached hydrogens (tertiary/aromatic N) is 1. The number of nitrogen functional groups attached to an aromatic ring is 1. The van der Waals surface area contributed by atoms with Crippen molar-refractivity contribution in [3.63, 3.8) is 0 Å². The summed E-state index contributed by atoms with van der Waals surface area (Å²) >= 11 is 0. The van der Waals surface area contributed by atoms with Crippen LogP contribution < -0.4 is 11.1 Å². The van der Waals surface area contributed by atoms with E-state index in [4.69, 9.17) is 5.73 Å². The molecule has 0 saturated carbocycles. The van der Waals surface area contributed by atoms with E-state index in [-0.39, 0.29) is 0 Å². The Balaban J connectivity index is 2.63. The van der Waals surface area contributed by atoms with E-state index in [1.807, 2.05) is 19.2 Å². The van der Waals surface area contributed by atoms with Crippen LogP contribution in [0.1, 0.15) is 12.5 Å². The van der Waals surface area contributed by atoms with Crippen molar-refractivity contribution in [1.29, 1.82) is 0 Å². The number of anilines is 1. The zero-order valence-electron chi connectivity index (χ0n) is 7.54. The fraction of sp³-hybridized carbons (Fsp3) is 0.444. The van der Waals surface area contributed by atoms with Crippen molar-refractivity contribution in [2.24, 2.45) is 0 Å². The fourth-order valence-electron chi connectivity index (χ4n) is 1.08. The summed E-state index contributed by atoms with van der Waals surface area (Å²) in [6.45, 7) is 2.14. The van der Waals surface area contributed by atoms with Crippen molar-refractivity contribution < 1.29 is 0 Å². The van der Waals surface area contributed by atoms with Crippen LogP contribution in [0.5, 0.6) is 0 Å². The predicted octanol–water partition coefficient (Wildman–Crippen LogP) is 0.814. The first-order valence-electron chi connectivity index (χ1n) is 4.10. The molecule has 0 spiro atoms. The second-order valence-corrected chi connectivity index (χ2v) is 2.98. The minimum atomic E-state index is 0.479. The van der Waals surface area contributed by atoms with Gasteiger partial charge in [-0.3, -0.25) is 0 Å². The summed E-state index contributed by atoms with van der Waals surface area (Å²) in [6.07, 6.45) is 2.73. The predicted molar refractivity (Wildman–Crippen MR) is 50.9 cm³/mol. The molecule has 0 aliphatic heterocycles. The van der Waals surface area contributed by atoms with E-state index >= 15 is 0 Å². The number of nitrogens with one attached hydrogen (secondary N) is 1. The van der Waals surface area contributed by atoms with Crippen molar-refractivity contribution in [3.8, 4) is 0 Å². The molecule has 3 heteroatoms. The molecule has 66 valence electrons. The largest absolute Gasteiger partial charge is 0.384 e. The van der Waals surface area contributed by atoms with E-state index < -0.39 is 0 Å². The van der Waals surface area contributed by atoms with Gasteiger partial charge < -0.3 is 11.1 Å². The van der Waals surface area contributed by atoms with E-state index in [0.717, 1.165) is 6.42 Å². The van der Waals surface area contributed by atoms with Crippen LogP contribution in [0.4, 0.5) is 5.82 Å². The molecule has 0 bridgehead atoms. The molecule has 3 nitrogen and oxygen atoms in total. The Hall–Kier alpha value is -1.09. The number of rotatable bonds is 3. The summed E-state index contributed by atoms with van der Waals surface area (Å²) in [5.41, 5.74) is 6.77. The molecule has 1 aromatic rings. The molecule has 1 atom stereocenters. The molecule has 0 aliphatic carbocycles. The Morgan fingerprint density at radius 2 is 2.42 bits per heavy atom. The summed E-state index contributed by atoms with van der Waals surface area (Å²) in [5, 5.41) is 3.17. The maximum atomic E-state index is 5.54. The van der Waals surface area contributed by atoms with Gasteiger partial charge in [0.15, 0.2) is 0 Å². The number of nitrogens with two attached hydrogens (primary N) is 1. The lowest BCUT2D eigenvalue weighted by molar-refractivity contribution is 0.608. The van der Waals surface area contributed by atoms with Crippen LogP contribution in [-0.4, -0.2) is 18.1 Å². The Morgan fingerprint density at radius 3 is 3.00 bits per heavy atom. The van der Waals surface area contributed by atoms with Gasteiger partial charge in [0.2, 0.25) is 0 Å². The summed E-state index contributed by atoms with van der Waals surface area (Å²) in [6, 6.07) is 4.38. The maximum Gasteiger partial charge on any atom is 0.123 e. The van der Waals surface area contributed by atoms with Gasteiger partial charge in [0.1, 0.15) is 5.82 Å². The van der Waals surface area contributed by atoms with E-state index in [0.29, 0.717) is 11.9 Å². The highest BCUT2D eigenvalue weighted by Gasteiger charge is 2.00. The molecular weight excluding hydrogens is 150 g/mol. The van der Waals surface area contributed by atoms with Gasteiger partial charge in [-0.25, -0.2) is 4.98 Å². The lowest BCUT2D eigenvalue weighted by Crippen LogP contribution is -2.23. The number of pyridine rings is 1. The van der Waals surface area contributed by atoms with Gasteiger partial charge in [-0.05, 0) is 38.1 Å². The van der Waals surface area contributed by atoms with Crippen LogP contribution in [0.25, 0.3) is 0 Å². The van der Waals surface area contributed by atoms with Crippen LogP contribution in [0.2, 0.25) is 0 Å². The van der Waals surface area contributed by atoms with Gasteiger partial charge in [-0.1, -0.05) is 0 Å². The molecule has 0 amide bonds. The molecule has 1 aromatic heterocycles. The van der Waals surface area contributed by atoms with Crippen LogP contribution in [0, 0.1) is 0 Å². The molecule has 1 heterocycles. The van der Waals surface area contributed by atoms with E-state index in [2.05, 4.69) is 17.2 Å². The van der Waals surface area contributed by atoms with Crippen molar-refractivity contribution >= 4 is 5.82 Å². The Labute approximate surface area is 73.0 Å². The smallest absolute Gasteiger partial charge is 0.123 e. The van der Waals surface area contributed by atoms with Crippen LogP contribution >= 0.6 is 0 Å². The van der Waals surface area contributed by atoms with Crippen molar-refractivity contribution in [3.05, 3.63) is 23.9 Å². The number of hydrogen-bond donors (Lipinski definition) is 2. The molecule has 3 N–H and O–H groups in total. The second kappa shape index (κ2) is 4.07.